The summed E-state index contributed by atoms with van der Waals surface area (Å²) in [7, 11) is 0. The summed E-state index contributed by atoms with van der Waals surface area (Å²) in [6.45, 7) is 0.917. The second-order valence-electron chi connectivity index (χ2n) is 3.44. The maximum absolute atomic E-state index is 6.00. The highest BCUT2D eigenvalue weighted by Gasteiger charge is 2.09. The fraction of sp³-hybridized carbons (Fsp3) is 0.364. The Morgan fingerprint density at radius 3 is 2.94 bits per heavy atom. The minimum absolute atomic E-state index is 0.431. The van der Waals surface area contributed by atoms with Crippen molar-refractivity contribution < 1.29 is 0 Å². The summed E-state index contributed by atoms with van der Waals surface area (Å²) < 4.78 is 2.14. The van der Waals surface area contributed by atoms with Crippen molar-refractivity contribution in [2.45, 2.75) is 12.4 Å². The van der Waals surface area contributed by atoms with Gasteiger partial charge in [0.15, 0.2) is 0 Å². The first-order valence-electron chi connectivity index (χ1n) is 4.96. The number of hydrogen-bond donors (Lipinski definition) is 0. The van der Waals surface area contributed by atoms with Crippen molar-refractivity contribution in [1.29, 1.82) is 0 Å². The molecule has 0 aliphatic rings. The summed E-state index contributed by atoms with van der Waals surface area (Å²) in [6.07, 6.45) is 2.09. The third-order valence-corrected chi connectivity index (χ3v) is 3.49. The molecule has 0 bridgehead atoms. The molecule has 0 radical (unpaired) electrons. The van der Waals surface area contributed by atoms with Crippen LogP contribution >= 0.6 is 35.0 Å². The fourth-order valence-electron chi connectivity index (χ4n) is 1.68. The Hall–Kier alpha value is -0.380. The summed E-state index contributed by atoms with van der Waals surface area (Å²) in [5.74, 6) is 2.38. The number of alkyl halides is 1. The fourth-order valence-corrected chi connectivity index (χ4v) is 2.42. The lowest BCUT2D eigenvalue weighted by Gasteiger charge is -2.06. The molecule has 2 nitrogen and oxygen atoms in total. The van der Waals surface area contributed by atoms with Gasteiger partial charge in [-0.2, -0.15) is 11.8 Å². The van der Waals surface area contributed by atoms with Crippen LogP contribution in [0.3, 0.4) is 0 Å². The molecule has 0 atom stereocenters. The minimum atomic E-state index is 0.431. The topological polar surface area (TPSA) is 17.8 Å². The number of aryl methyl sites for hydroxylation is 1. The number of hydrogen-bond acceptors (Lipinski definition) is 2. The lowest BCUT2D eigenvalue weighted by molar-refractivity contribution is 0.755. The zero-order valence-corrected chi connectivity index (χ0v) is 11.2. The van der Waals surface area contributed by atoms with E-state index in [9.17, 15) is 0 Å². The van der Waals surface area contributed by atoms with Gasteiger partial charge < -0.3 is 4.57 Å². The number of nitrogens with zero attached hydrogens (tertiary/aromatic N) is 2. The van der Waals surface area contributed by atoms with Crippen molar-refractivity contribution in [2.24, 2.45) is 0 Å². The highest BCUT2D eigenvalue weighted by molar-refractivity contribution is 7.98. The molecule has 16 heavy (non-hydrogen) atoms. The van der Waals surface area contributed by atoms with Crippen LogP contribution in [0.15, 0.2) is 18.2 Å². The monoisotopic (exact) mass is 274 g/mol. The number of halogens is 2. The molecule has 1 heterocycles. The number of benzene rings is 1. The summed E-state index contributed by atoms with van der Waals surface area (Å²) in [4.78, 5) is 4.49. The van der Waals surface area contributed by atoms with Gasteiger partial charge in [-0.3, -0.25) is 0 Å². The third-order valence-electron chi connectivity index (χ3n) is 2.43. The average Bonchev–Trinajstić information content (AvgIpc) is 2.63. The summed E-state index contributed by atoms with van der Waals surface area (Å²) >= 11 is 13.7. The van der Waals surface area contributed by atoms with E-state index in [0.717, 1.165) is 34.2 Å². The van der Waals surface area contributed by atoms with Crippen molar-refractivity contribution >= 4 is 46.0 Å². The molecular formula is C11H12Cl2N2S. The van der Waals surface area contributed by atoms with Crippen molar-refractivity contribution in [2.75, 3.05) is 12.0 Å². The Kier molecular flexibility index (Phi) is 4.00. The van der Waals surface area contributed by atoms with E-state index in [1.165, 1.54) is 0 Å². The van der Waals surface area contributed by atoms with E-state index < -0.39 is 0 Å². The van der Waals surface area contributed by atoms with Crippen molar-refractivity contribution in [1.82, 2.24) is 9.55 Å². The first-order chi connectivity index (χ1) is 7.76. The Balaban J connectivity index is 2.52. The molecule has 0 fully saturated rings. The van der Waals surface area contributed by atoms with Gasteiger partial charge in [0.05, 0.1) is 16.9 Å². The van der Waals surface area contributed by atoms with Crippen LogP contribution in [0.2, 0.25) is 5.02 Å². The van der Waals surface area contributed by atoms with E-state index >= 15 is 0 Å². The van der Waals surface area contributed by atoms with Gasteiger partial charge in [-0.1, -0.05) is 11.6 Å². The molecule has 0 unspecified atom stereocenters. The van der Waals surface area contributed by atoms with Crippen molar-refractivity contribution in [3.05, 3.63) is 29.0 Å². The average molecular weight is 275 g/mol. The highest BCUT2D eigenvalue weighted by atomic mass is 35.5. The van der Waals surface area contributed by atoms with Crippen LogP contribution < -0.4 is 0 Å². The van der Waals surface area contributed by atoms with Gasteiger partial charge in [0.1, 0.15) is 5.82 Å². The predicted octanol–water partition coefficient (Wildman–Crippen LogP) is 3.79. The molecule has 0 N–H and O–H groups in total. The lowest BCUT2D eigenvalue weighted by atomic mass is 10.3. The molecule has 1 aromatic heterocycles. The summed E-state index contributed by atoms with van der Waals surface area (Å²) in [5.41, 5.74) is 2.03. The second-order valence-corrected chi connectivity index (χ2v) is 5.13. The first-order valence-corrected chi connectivity index (χ1v) is 7.26. The molecule has 0 saturated heterocycles. The Bertz CT molecular complexity index is 496. The SMILES string of the molecule is CSCCn1c(CCl)nc2ccc(Cl)cc21. The van der Waals surface area contributed by atoms with Gasteiger partial charge in [-0.15, -0.1) is 11.6 Å². The first kappa shape index (κ1) is 12.1. The number of fused-ring (bicyclic) bond motifs is 1. The quantitative estimate of drug-likeness (QED) is 0.790. The number of thioether (sulfide) groups is 1. The van der Waals surface area contributed by atoms with Gasteiger partial charge in [0.2, 0.25) is 0 Å². The maximum atomic E-state index is 6.00. The molecule has 0 saturated carbocycles. The van der Waals surface area contributed by atoms with Crippen LogP contribution in [-0.4, -0.2) is 21.6 Å². The number of imidazole rings is 1. The number of aromatic nitrogens is 2. The van der Waals surface area contributed by atoms with E-state index in [4.69, 9.17) is 23.2 Å². The van der Waals surface area contributed by atoms with E-state index in [1.807, 2.05) is 30.0 Å². The Morgan fingerprint density at radius 2 is 2.25 bits per heavy atom. The van der Waals surface area contributed by atoms with Crippen LogP contribution in [0.25, 0.3) is 11.0 Å². The molecule has 0 aliphatic heterocycles. The molecular weight excluding hydrogens is 263 g/mol. The van der Waals surface area contributed by atoms with Crippen molar-refractivity contribution in [3.8, 4) is 0 Å². The molecule has 5 heteroatoms. The van der Waals surface area contributed by atoms with Crippen LogP contribution in [0.5, 0.6) is 0 Å². The summed E-state index contributed by atoms with van der Waals surface area (Å²) in [6, 6.07) is 5.73. The van der Waals surface area contributed by atoms with E-state index in [-0.39, 0.29) is 0 Å². The third kappa shape index (κ3) is 2.31. The van der Waals surface area contributed by atoms with E-state index in [2.05, 4.69) is 15.8 Å². The minimum Gasteiger partial charge on any atom is -0.326 e. The van der Waals surface area contributed by atoms with Gasteiger partial charge in [0.25, 0.3) is 0 Å². The van der Waals surface area contributed by atoms with Gasteiger partial charge in [0, 0.05) is 17.3 Å². The smallest absolute Gasteiger partial charge is 0.124 e. The highest BCUT2D eigenvalue weighted by Crippen LogP contribution is 2.22. The molecule has 0 amide bonds. The van der Waals surface area contributed by atoms with Crippen LogP contribution in [0, 0.1) is 0 Å². The number of rotatable bonds is 4. The van der Waals surface area contributed by atoms with Crippen LogP contribution in [0.4, 0.5) is 0 Å². The van der Waals surface area contributed by atoms with E-state index in [1.54, 1.807) is 0 Å². The predicted molar refractivity (Wildman–Crippen MR) is 72.7 cm³/mol. The van der Waals surface area contributed by atoms with Gasteiger partial charge in [-0.25, -0.2) is 4.98 Å². The van der Waals surface area contributed by atoms with E-state index in [0.29, 0.717) is 5.88 Å². The van der Waals surface area contributed by atoms with Gasteiger partial charge >= 0.3 is 0 Å². The largest absolute Gasteiger partial charge is 0.326 e. The Morgan fingerprint density at radius 1 is 1.44 bits per heavy atom. The van der Waals surface area contributed by atoms with Crippen LogP contribution in [0.1, 0.15) is 5.82 Å². The van der Waals surface area contributed by atoms with Gasteiger partial charge in [-0.05, 0) is 24.5 Å². The second kappa shape index (κ2) is 5.30. The van der Waals surface area contributed by atoms with Crippen molar-refractivity contribution in [3.63, 3.8) is 0 Å². The molecule has 0 spiro atoms. The molecule has 2 rings (SSSR count). The molecule has 1 aromatic carbocycles. The van der Waals surface area contributed by atoms with Crippen LogP contribution in [-0.2, 0) is 12.4 Å². The standard InChI is InChI=1S/C11H12Cl2N2S/c1-16-5-4-15-10-6-8(13)2-3-9(10)14-11(15)7-12/h2-3,6H,4-5,7H2,1H3. The Labute approximate surface area is 109 Å². The molecule has 2 aromatic rings. The maximum Gasteiger partial charge on any atom is 0.124 e. The molecule has 86 valence electrons. The zero-order chi connectivity index (χ0) is 11.5. The summed E-state index contributed by atoms with van der Waals surface area (Å²) in [5, 5.41) is 0.735. The zero-order valence-electron chi connectivity index (χ0n) is 8.91. The normalized spacial score (nSPS) is 11.2. The molecule has 0 aliphatic carbocycles. The lowest BCUT2D eigenvalue weighted by Crippen LogP contribution is -2.04.